The van der Waals surface area contributed by atoms with Crippen LogP contribution in [0.3, 0.4) is 0 Å². The predicted molar refractivity (Wildman–Crippen MR) is 46.2 cm³/mol. The van der Waals surface area contributed by atoms with Gasteiger partial charge in [-0.05, 0) is 20.0 Å². The van der Waals surface area contributed by atoms with E-state index in [4.69, 9.17) is 5.73 Å². The Morgan fingerprint density at radius 2 is 2.09 bits per heavy atom. The first-order valence-electron chi connectivity index (χ1n) is 4.13. The lowest BCUT2D eigenvalue weighted by Gasteiger charge is -2.13. The smallest absolute Gasteiger partial charge is 0.231 e. The molecule has 0 aliphatic carbocycles. The maximum Gasteiger partial charge on any atom is 0.231 e. The van der Waals surface area contributed by atoms with Gasteiger partial charge in [0.2, 0.25) is 5.91 Å². The van der Waals surface area contributed by atoms with E-state index in [0.717, 1.165) is 13.0 Å². The van der Waals surface area contributed by atoms with Crippen molar-refractivity contribution in [2.24, 2.45) is 5.73 Å². The van der Waals surface area contributed by atoms with Crippen LogP contribution in [0.5, 0.6) is 0 Å². The lowest BCUT2D eigenvalue weighted by molar-refractivity contribution is -0.118. The number of nitrogens with two attached hydrogens (primary N) is 1. The molecule has 0 rings (SSSR count). The zero-order chi connectivity index (χ0) is 8.69. The highest BCUT2D eigenvalue weighted by molar-refractivity contribution is 5.75. The molecule has 3 nitrogen and oxygen atoms in total. The van der Waals surface area contributed by atoms with E-state index in [0.29, 0.717) is 6.54 Å². The van der Waals surface area contributed by atoms with Crippen LogP contribution in [0.1, 0.15) is 26.2 Å². The van der Waals surface area contributed by atoms with Gasteiger partial charge in [0.15, 0.2) is 0 Å². The minimum atomic E-state index is -0.246. The van der Waals surface area contributed by atoms with Crippen LogP contribution >= 0.6 is 0 Å². The van der Waals surface area contributed by atoms with Gasteiger partial charge in [-0.1, -0.05) is 19.8 Å². The maximum absolute atomic E-state index is 10.4. The number of nitrogens with zero attached hydrogens (tertiary/aromatic N) is 1. The topological polar surface area (TPSA) is 46.3 Å². The van der Waals surface area contributed by atoms with Crippen molar-refractivity contribution in [3.05, 3.63) is 0 Å². The molecule has 0 aliphatic rings. The first kappa shape index (κ1) is 10.4. The molecule has 0 saturated carbocycles. The second kappa shape index (κ2) is 6.16. The Kier molecular flexibility index (Phi) is 5.84. The highest BCUT2D eigenvalue weighted by Crippen LogP contribution is 1.95. The van der Waals surface area contributed by atoms with Crippen molar-refractivity contribution in [1.82, 2.24) is 4.90 Å². The molecule has 0 spiro atoms. The van der Waals surface area contributed by atoms with Crippen LogP contribution in [0.15, 0.2) is 0 Å². The molecule has 0 atom stereocenters. The van der Waals surface area contributed by atoms with E-state index in [-0.39, 0.29) is 5.91 Å². The third kappa shape index (κ3) is 7.33. The largest absolute Gasteiger partial charge is 0.369 e. The lowest BCUT2D eigenvalue weighted by Crippen LogP contribution is -2.31. The molecule has 3 heteroatoms. The van der Waals surface area contributed by atoms with Crippen molar-refractivity contribution in [2.45, 2.75) is 26.2 Å². The van der Waals surface area contributed by atoms with E-state index in [1.54, 1.807) is 0 Å². The fraction of sp³-hybridized carbons (Fsp3) is 0.875. The van der Waals surface area contributed by atoms with Crippen LogP contribution in [-0.4, -0.2) is 30.9 Å². The van der Waals surface area contributed by atoms with Gasteiger partial charge in [-0.3, -0.25) is 9.69 Å². The summed E-state index contributed by atoms with van der Waals surface area (Å²) in [4.78, 5) is 12.4. The molecular formula is C8H18N2O. The fourth-order valence-corrected chi connectivity index (χ4v) is 0.977. The average molecular weight is 158 g/mol. The first-order valence-corrected chi connectivity index (χ1v) is 4.13. The molecule has 2 N–H and O–H groups in total. The van der Waals surface area contributed by atoms with Gasteiger partial charge < -0.3 is 5.73 Å². The zero-order valence-corrected chi connectivity index (χ0v) is 7.47. The summed E-state index contributed by atoms with van der Waals surface area (Å²) in [5, 5.41) is 0. The third-order valence-corrected chi connectivity index (χ3v) is 1.57. The third-order valence-electron chi connectivity index (χ3n) is 1.57. The molecule has 0 aromatic heterocycles. The summed E-state index contributed by atoms with van der Waals surface area (Å²) in [6, 6.07) is 0. The number of hydrogen-bond acceptors (Lipinski definition) is 2. The minimum Gasteiger partial charge on any atom is -0.369 e. The van der Waals surface area contributed by atoms with Crippen LogP contribution in [0.4, 0.5) is 0 Å². The Morgan fingerprint density at radius 1 is 1.45 bits per heavy atom. The van der Waals surface area contributed by atoms with Crippen LogP contribution in [0.2, 0.25) is 0 Å². The van der Waals surface area contributed by atoms with Crippen molar-refractivity contribution in [3.63, 3.8) is 0 Å². The molecule has 0 aliphatic heterocycles. The number of likely N-dealkylation sites (N-methyl/N-ethyl adjacent to an activating group) is 1. The van der Waals surface area contributed by atoms with E-state index < -0.39 is 0 Å². The van der Waals surface area contributed by atoms with E-state index in [2.05, 4.69) is 6.92 Å². The van der Waals surface area contributed by atoms with Crippen LogP contribution in [0.25, 0.3) is 0 Å². The Hall–Kier alpha value is -0.570. The molecule has 0 bridgehead atoms. The summed E-state index contributed by atoms with van der Waals surface area (Å²) in [5.74, 6) is -0.246. The molecule has 0 aromatic carbocycles. The predicted octanol–water partition coefficient (Wildman–Crippen LogP) is 0.594. The Bertz CT molecular complexity index is 115. The number of primary amides is 1. The standard InChI is InChI=1S/C8H18N2O/c1-3-4-5-6-10(2)7-8(9)11/h3-7H2,1-2H3,(H2,9,11). The van der Waals surface area contributed by atoms with E-state index in [1.165, 1.54) is 12.8 Å². The SMILES string of the molecule is CCCCCN(C)CC(N)=O. The summed E-state index contributed by atoms with van der Waals surface area (Å²) in [6.45, 7) is 3.51. The Balaban J connectivity index is 3.22. The molecule has 0 radical (unpaired) electrons. The fourth-order valence-electron chi connectivity index (χ4n) is 0.977. The second-order valence-corrected chi connectivity index (χ2v) is 2.91. The van der Waals surface area contributed by atoms with Crippen molar-refractivity contribution in [1.29, 1.82) is 0 Å². The summed E-state index contributed by atoms with van der Waals surface area (Å²) in [5.41, 5.74) is 5.02. The van der Waals surface area contributed by atoms with Gasteiger partial charge in [0.25, 0.3) is 0 Å². The van der Waals surface area contributed by atoms with Gasteiger partial charge >= 0.3 is 0 Å². The average Bonchev–Trinajstić information content (AvgIpc) is 1.86. The molecular weight excluding hydrogens is 140 g/mol. The zero-order valence-electron chi connectivity index (χ0n) is 7.47. The second-order valence-electron chi connectivity index (χ2n) is 2.91. The quantitative estimate of drug-likeness (QED) is 0.575. The van der Waals surface area contributed by atoms with Crippen LogP contribution < -0.4 is 5.73 Å². The van der Waals surface area contributed by atoms with E-state index >= 15 is 0 Å². The number of carbonyl (C=O) groups is 1. The molecule has 0 unspecified atom stereocenters. The highest BCUT2D eigenvalue weighted by Gasteiger charge is 2.00. The highest BCUT2D eigenvalue weighted by atomic mass is 16.1. The van der Waals surface area contributed by atoms with Gasteiger partial charge in [-0.15, -0.1) is 0 Å². The van der Waals surface area contributed by atoms with E-state index in [1.807, 2.05) is 11.9 Å². The molecule has 0 fully saturated rings. The summed E-state index contributed by atoms with van der Waals surface area (Å²) < 4.78 is 0. The van der Waals surface area contributed by atoms with Crippen molar-refractivity contribution in [3.8, 4) is 0 Å². The van der Waals surface area contributed by atoms with Gasteiger partial charge in [-0.2, -0.15) is 0 Å². The van der Waals surface area contributed by atoms with Gasteiger partial charge in [0, 0.05) is 0 Å². The van der Waals surface area contributed by atoms with Gasteiger partial charge in [0.1, 0.15) is 0 Å². The normalized spacial score (nSPS) is 10.5. The molecule has 66 valence electrons. The van der Waals surface area contributed by atoms with Crippen LogP contribution in [0, 0.1) is 0 Å². The van der Waals surface area contributed by atoms with Gasteiger partial charge in [-0.25, -0.2) is 0 Å². The number of unbranched alkanes of at least 4 members (excludes halogenated alkanes) is 2. The summed E-state index contributed by atoms with van der Waals surface area (Å²) >= 11 is 0. The molecule has 1 amide bonds. The number of carbonyl (C=O) groups excluding carboxylic acids is 1. The monoisotopic (exact) mass is 158 g/mol. The molecule has 0 saturated heterocycles. The molecule has 0 aromatic rings. The van der Waals surface area contributed by atoms with Crippen LogP contribution in [-0.2, 0) is 4.79 Å². The number of rotatable bonds is 6. The number of hydrogen-bond donors (Lipinski definition) is 1. The number of amides is 1. The Morgan fingerprint density at radius 3 is 2.55 bits per heavy atom. The van der Waals surface area contributed by atoms with Crippen molar-refractivity contribution < 1.29 is 4.79 Å². The Labute approximate surface area is 68.6 Å². The minimum absolute atomic E-state index is 0.246. The van der Waals surface area contributed by atoms with Crippen molar-refractivity contribution in [2.75, 3.05) is 20.1 Å². The van der Waals surface area contributed by atoms with Gasteiger partial charge in [0.05, 0.1) is 6.54 Å². The summed E-state index contributed by atoms with van der Waals surface area (Å²) in [7, 11) is 1.92. The molecule has 0 heterocycles. The first-order chi connectivity index (χ1) is 5.16. The lowest BCUT2D eigenvalue weighted by atomic mass is 10.2. The molecule has 11 heavy (non-hydrogen) atoms. The maximum atomic E-state index is 10.4. The van der Waals surface area contributed by atoms with E-state index in [9.17, 15) is 4.79 Å². The summed E-state index contributed by atoms with van der Waals surface area (Å²) in [6.07, 6.45) is 3.59. The van der Waals surface area contributed by atoms with Crippen molar-refractivity contribution >= 4 is 5.91 Å².